The molecule has 0 spiro atoms. The first-order chi connectivity index (χ1) is 14.8. The molecule has 0 saturated heterocycles. The maximum absolute atomic E-state index is 13.5. The molecule has 0 fully saturated rings. The normalized spacial score (nSPS) is 13.4. The van der Waals surface area contributed by atoms with Crippen LogP contribution in [0.2, 0.25) is 0 Å². The second-order valence-corrected chi connectivity index (χ2v) is 7.25. The van der Waals surface area contributed by atoms with Crippen molar-refractivity contribution in [2.75, 3.05) is 0 Å². The average Bonchev–Trinajstić information content (AvgIpc) is 3.26. The first-order valence-corrected chi connectivity index (χ1v) is 9.91. The first kappa shape index (κ1) is 18.2. The molecule has 2 nitrogen and oxygen atoms in total. The number of pyridine rings is 1. The van der Waals surface area contributed by atoms with E-state index in [4.69, 9.17) is 4.99 Å². The molecule has 5 rings (SSSR count). The van der Waals surface area contributed by atoms with Crippen molar-refractivity contribution in [3.8, 4) is 11.1 Å². The van der Waals surface area contributed by atoms with E-state index >= 15 is 0 Å². The van der Waals surface area contributed by atoms with Gasteiger partial charge in [0.1, 0.15) is 5.82 Å². The minimum Gasteiger partial charge on any atom is -0.265 e. The van der Waals surface area contributed by atoms with Crippen LogP contribution in [0.15, 0.2) is 108 Å². The number of rotatable bonds is 4. The van der Waals surface area contributed by atoms with Gasteiger partial charge >= 0.3 is 0 Å². The fourth-order valence-corrected chi connectivity index (χ4v) is 3.78. The van der Waals surface area contributed by atoms with E-state index in [1.807, 2.05) is 30.3 Å². The van der Waals surface area contributed by atoms with E-state index in [2.05, 4.69) is 41.4 Å². The second kappa shape index (κ2) is 7.88. The number of allylic oxidation sites excluding steroid dienone is 1. The summed E-state index contributed by atoms with van der Waals surface area (Å²) in [6, 6.07) is 29.4. The summed E-state index contributed by atoms with van der Waals surface area (Å²) in [5.74, 6) is -0.247. The topological polar surface area (TPSA) is 25.2 Å². The van der Waals surface area contributed by atoms with Crippen LogP contribution >= 0.6 is 0 Å². The van der Waals surface area contributed by atoms with E-state index in [0.717, 1.165) is 40.1 Å². The fourth-order valence-electron chi connectivity index (χ4n) is 3.78. The van der Waals surface area contributed by atoms with Crippen molar-refractivity contribution < 1.29 is 4.39 Å². The van der Waals surface area contributed by atoms with E-state index in [9.17, 15) is 4.39 Å². The molecule has 0 aliphatic carbocycles. The predicted octanol–water partition coefficient (Wildman–Crippen LogP) is 6.65. The molecule has 0 unspecified atom stereocenters. The van der Waals surface area contributed by atoms with Gasteiger partial charge in [0.15, 0.2) is 0 Å². The molecular weight excluding hydrogens is 371 g/mol. The molecule has 0 atom stereocenters. The SMILES string of the molecule is Fc1ccc(C2=C(c3ccncc3)CC(c3ccc(-c4ccccc4)cc3)=N2)cc1. The van der Waals surface area contributed by atoms with Crippen molar-refractivity contribution in [3.05, 3.63) is 126 Å². The Bertz CT molecular complexity index is 1220. The third-order valence-corrected chi connectivity index (χ3v) is 5.35. The number of halogens is 1. The zero-order valence-corrected chi connectivity index (χ0v) is 16.3. The number of hydrogen-bond acceptors (Lipinski definition) is 2. The van der Waals surface area contributed by atoms with E-state index in [0.29, 0.717) is 0 Å². The van der Waals surface area contributed by atoms with Gasteiger partial charge in [-0.25, -0.2) is 4.39 Å². The van der Waals surface area contributed by atoms with Gasteiger partial charge in [0, 0.05) is 24.4 Å². The number of aliphatic imine (C=N–C) groups is 1. The molecule has 0 N–H and O–H groups in total. The third-order valence-electron chi connectivity index (χ3n) is 5.35. The third kappa shape index (κ3) is 3.58. The summed E-state index contributed by atoms with van der Waals surface area (Å²) in [4.78, 5) is 9.10. The van der Waals surface area contributed by atoms with Gasteiger partial charge in [-0.15, -0.1) is 0 Å². The molecule has 0 saturated carbocycles. The Hall–Kier alpha value is -3.85. The molecule has 0 bridgehead atoms. The van der Waals surface area contributed by atoms with Crippen molar-refractivity contribution in [1.29, 1.82) is 0 Å². The van der Waals surface area contributed by atoms with Crippen LogP contribution in [0.5, 0.6) is 0 Å². The van der Waals surface area contributed by atoms with Crippen LogP contribution in [0, 0.1) is 5.82 Å². The van der Waals surface area contributed by atoms with Crippen molar-refractivity contribution in [2.24, 2.45) is 4.99 Å². The van der Waals surface area contributed by atoms with Gasteiger partial charge in [0.2, 0.25) is 0 Å². The van der Waals surface area contributed by atoms with Gasteiger partial charge in [-0.3, -0.25) is 9.98 Å². The smallest absolute Gasteiger partial charge is 0.123 e. The molecule has 3 heteroatoms. The summed E-state index contributed by atoms with van der Waals surface area (Å²) in [5.41, 5.74) is 8.51. The van der Waals surface area contributed by atoms with Crippen molar-refractivity contribution >= 4 is 17.0 Å². The quantitative estimate of drug-likeness (QED) is 0.383. The molecular formula is C27H19FN2. The second-order valence-electron chi connectivity index (χ2n) is 7.25. The summed E-state index contributed by atoms with van der Waals surface area (Å²) < 4.78 is 13.5. The highest BCUT2D eigenvalue weighted by Crippen LogP contribution is 2.37. The Labute approximate surface area is 175 Å². The van der Waals surface area contributed by atoms with E-state index < -0.39 is 0 Å². The number of aromatic nitrogens is 1. The maximum Gasteiger partial charge on any atom is 0.123 e. The highest BCUT2D eigenvalue weighted by molar-refractivity contribution is 6.16. The number of benzene rings is 3. The van der Waals surface area contributed by atoms with Crippen LogP contribution in [-0.2, 0) is 0 Å². The van der Waals surface area contributed by atoms with Gasteiger partial charge in [-0.2, -0.15) is 0 Å². The summed E-state index contributed by atoms with van der Waals surface area (Å²) in [7, 11) is 0. The highest BCUT2D eigenvalue weighted by atomic mass is 19.1. The summed E-state index contributed by atoms with van der Waals surface area (Å²) >= 11 is 0. The van der Waals surface area contributed by atoms with Gasteiger partial charge in [0.05, 0.1) is 11.4 Å². The van der Waals surface area contributed by atoms with Crippen LogP contribution < -0.4 is 0 Å². The zero-order valence-electron chi connectivity index (χ0n) is 16.3. The average molecular weight is 390 g/mol. The molecule has 4 aromatic rings. The zero-order chi connectivity index (χ0) is 20.3. The summed E-state index contributed by atoms with van der Waals surface area (Å²) in [6.45, 7) is 0. The van der Waals surface area contributed by atoms with Crippen LogP contribution in [-0.4, -0.2) is 10.7 Å². The standard InChI is InChI=1S/C27H19FN2/c28-24-12-10-23(11-13-24)27-25(21-14-16-29-17-15-21)18-26(30-27)22-8-6-20(7-9-22)19-4-2-1-3-5-19/h1-17H,18H2. The van der Waals surface area contributed by atoms with E-state index in [-0.39, 0.29) is 5.82 Å². The minimum atomic E-state index is -0.247. The Morgan fingerprint density at radius 1 is 0.567 bits per heavy atom. The lowest BCUT2D eigenvalue weighted by Crippen LogP contribution is -1.98. The number of nitrogens with zero attached hydrogens (tertiary/aromatic N) is 2. The summed E-state index contributed by atoms with van der Waals surface area (Å²) in [6.07, 6.45) is 4.30. The number of hydrogen-bond donors (Lipinski definition) is 0. The van der Waals surface area contributed by atoms with Gasteiger partial charge in [-0.05, 0) is 64.2 Å². The predicted molar refractivity (Wildman–Crippen MR) is 120 cm³/mol. The Morgan fingerprint density at radius 3 is 1.87 bits per heavy atom. The molecule has 1 aliphatic heterocycles. The molecule has 144 valence electrons. The molecule has 0 radical (unpaired) electrons. The summed E-state index contributed by atoms with van der Waals surface area (Å²) in [5, 5.41) is 0. The van der Waals surface area contributed by atoms with Crippen molar-refractivity contribution in [2.45, 2.75) is 6.42 Å². The lowest BCUT2D eigenvalue weighted by molar-refractivity contribution is 0.627. The van der Waals surface area contributed by atoms with E-state index in [1.54, 1.807) is 24.5 Å². The Balaban J connectivity index is 1.52. The Kier molecular flexibility index (Phi) is 4.78. The highest BCUT2D eigenvalue weighted by Gasteiger charge is 2.22. The van der Waals surface area contributed by atoms with Gasteiger partial charge in [-0.1, -0.05) is 54.6 Å². The molecule has 0 amide bonds. The van der Waals surface area contributed by atoms with Crippen LogP contribution in [0.25, 0.3) is 22.4 Å². The van der Waals surface area contributed by atoms with Crippen molar-refractivity contribution in [1.82, 2.24) is 4.98 Å². The molecule has 3 aromatic carbocycles. The maximum atomic E-state index is 13.5. The lowest BCUT2D eigenvalue weighted by Gasteiger charge is -2.07. The Morgan fingerprint density at radius 2 is 1.17 bits per heavy atom. The largest absolute Gasteiger partial charge is 0.265 e. The minimum absolute atomic E-state index is 0.247. The first-order valence-electron chi connectivity index (χ1n) is 9.91. The fraction of sp³-hybridized carbons (Fsp3) is 0.0370. The van der Waals surface area contributed by atoms with Gasteiger partial charge in [0.25, 0.3) is 0 Å². The molecule has 1 aliphatic rings. The van der Waals surface area contributed by atoms with E-state index in [1.165, 1.54) is 23.3 Å². The monoisotopic (exact) mass is 390 g/mol. The van der Waals surface area contributed by atoms with Crippen LogP contribution in [0.3, 0.4) is 0 Å². The van der Waals surface area contributed by atoms with Gasteiger partial charge < -0.3 is 0 Å². The van der Waals surface area contributed by atoms with Crippen molar-refractivity contribution in [3.63, 3.8) is 0 Å². The molecule has 30 heavy (non-hydrogen) atoms. The molecule has 2 heterocycles. The molecule has 1 aromatic heterocycles. The van der Waals surface area contributed by atoms with Crippen LogP contribution in [0.4, 0.5) is 4.39 Å². The van der Waals surface area contributed by atoms with Crippen LogP contribution in [0.1, 0.15) is 23.1 Å². The lowest BCUT2D eigenvalue weighted by atomic mass is 9.96.